The normalized spacial score (nSPS) is 17.4. The zero-order chi connectivity index (χ0) is 9.54. The molecule has 2 aliphatic heterocycles. The van der Waals surface area contributed by atoms with E-state index < -0.39 is 0 Å². The molecule has 14 heavy (non-hydrogen) atoms. The van der Waals surface area contributed by atoms with E-state index in [2.05, 4.69) is 16.0 Å². The summed E-state index contributed by atoms with van der Waals surface area (Å²) in [6, 6.07) is 6.00. The van der Waals surface area contributed by atoms with Crippen LogP contribution in [0, 0.1) is 11.3 Å². The van der Waals surface area contributed by atoms with E-state index in [-0.39, 0.29) is 0 Å². The largest absolute Gasteiger partial charge is 0.344 e. The van der Waals surface area contributed by atoms with Crippen molar-refractivity contribution in [2.75, 3.05) is 6.54 Å². The molecule has 3 rings (SSSR count). The van der Waals surface area contributed by atoms with Gasteiger partial charge in [-0.1, -0.05) is 0 Å². The lowest BCUT2D eigenvalue weighted by molar-refractivity contribution is 0.382. The lowest BCUT2D eigenvalue weighted by atomic mass is 10.3. The quantitative estimate of drug-likeness (QED) is 0.604. The molecule has 0 atom stereocenters. The Morgan fingerprint density at radius 1 is 1.43 bits per heavy atom. The summed E-state index contributed by atoms with van der Waals surface area (Å²) in [5, 5.41) is 8.87. The minimum atomic E-state index is 0.675. The van der Waals surface area contributed by atoms with Crippen molar-refractivity contribution in [1.82, 2.24) is 9.47 Å². The van der Waals surface area contributed by atoms with Crippen LogP contribution in [-0.4, -0.2) is 22.2 Å². The van der Waals surface area contributed by atoms with E-state index in [4.69, 9.17) is 5.26 Å². The van der Waals surface area contributed by atoms with Crippen molar-refractivity contribution in [2.24, 2.45) is 4.99 Å². The van der Waals surface area contributed by atoms with E-state index in [1.54, 1.807) is 0 Å². The third-order valence-corrected chi connectivity index (χ3v) is 2.56. The Balaban J connectivity index is 2.17. The van der Waals surface area contributed by atoms with Gasteiger partial charge in [0, 0.05) is 11.9 Å². The van der Waals surface area contributed by atoms with Gasteiger partial charge in [-0.05, 0) is 12.1 Å². The summed E-state index contributed by atoms with van der Waals surface area (Å²) in [7, 11) is 0. The minimum absolute atomic E-state index is 0.675. The van der Waals surface area contributed by atoms with Crippen LogP contribution < -0.4 is 0 Å². The maximum Gasteiger partial charge on any atom is 0.145 e. The first-order chi connectivity index (χ1) is 6.88. The molecule has 0 saturated heterocycles. The number of aliphatic imine (C=N–C) groups is 1. The second-order valence-electron chi connectivity index (χ2n) is 3.37. The molecule has 4 nitrogen and oxygen atoms in total. The predicted molar refractivity (Wildman–Crippen MR) is 52.3 cm³/mol. The van der Waals surface area contributed by atoms with E-state index in [1.807, 2.05) is 29.1 Å². The number of nitriles is 1. The highest BCUT2D eigenvalue weighted by Gasteiger charge is 2.21. The number of hydrogen-bond donors (Lipinski definition) is 0. The van der Waals surface area contributed by atoms with Gasteiger partial charge in [-0.3, -0.25) is 0 Å². The molecule has 0 N–H and O–H groups in total. The van der Waals surface area contributed by atoms with Crippen LogP contribution in [-0.2, 0) is 6.54 Å². The number of rotatable bonds is 0. The number of hydrogen-bond acceptors (Lipinski definition) is 3. The van der Waals surface area contributed by atoms with Gasteiger partial charge in [0.05, 0.1) is 19.3 Å². The Labute approximate surface area is 81.4 Å². The first-order valence-electron chi connectivity index (χ1n) is 4.48. The van der Waals surface area contributed by atoms with Crippen LogP contribution in [0.3, 0.4) is 0 Å². The van der Waals surface area contributed by atoms with Crippen molar-refractivity contribution in [2.45, 2.75) is 6.54 Å². The van der Waals surface area contributed by atoms with Crippen molar-refractivity contribution in [1.29, 1.82) is 5.26 Å². The molecule has 68 valence electrons. The third kappa shape index (κ3) is 0.839. The predicted octanol–water partition coefficient (Wildman–Crippen LogP) is 1.02. The number of nitrogens with zero attached hydrogens (tertiary/aromatic N) is 4. The summed E-state index contributed by atoms with van der Waals surface area (Å²) in [6.07, 6.45) is 3.81. The summed E-state index contributed by atoms with van der Waals surface area (Å²) >= 11 is 0. The highest BCUT2D eigenvalue weighted by atomic mass is 15.3. The zero-order valence-corrected chi connectivity index (χ0v) is 7.51. The van der Waals surface area contributed by atoms with E-state index in [0.717, 1.165) is 24.6 Å². The van der Waals surface area contributed by atoms with E-state index in [0.29, 0.717) is 5.69 Å². The van der Waals surface area contributed by atoms with Crippen LogP contribution in [0.15, 0.2) is 22.9 Å². The highest BCUT2D eigenvalue weighted by Crippen LogP contribution is 2.24. The second-order valence-corrected chi connectivity index (χ2v) is 3.37. The van der Waals surface area contributed by atoms with Crippen LogP contribution in [0.5, 0.6) is 0 Å². The summed E-state index contributed by atoms with van der Waals surface area (Å²) in [6.45, 7) is 1.71. The Kier molecular flexibility index (Phi) is 1.31. The lowest BCUT2D eigenvalue weighted by Crippen LogP contribution is -2.24. The number of aromatic nitrogens is 1. The Morgan fingerprint density at radius 2 is 2.36 bits per heavy atom. The average molecular weight is 184 g/mol. The van der Waals surface area contributed by atoms with Crippen molar-refractivity contribution >= 4 is 12.4 Å². The fourth-order valence-corrected chi connectivity index (χ4v) is 1.84. The summed E-state index contributed by atoms with van der Waals surface area (Å²) in [5.74, 6) is 0.949. The average Bonchev–Trinajstić information content (AvgIpc) is 2.78. The smallest absolute Gasteiger partial charge is 0.145 e. The first kappa shape index (κ1) is 7.39. The standard InChI is InChI=1S/C10H8N4/c11-5-8-1-2-9-6-13-4-3-12-10(13)7-14(8)9/h1-3,7H,4,6H2. The molecule has 0 saturated carbocycles. The topological polar surface area (TPSA) is 44.3 Å². The minimum Gasteiger partial charge on any atom is -0.344 e. The molecule has 0 radical (unpaired) electrons. The maximum absolute atomic E-state index is 8.87. The molecule has 0 aromatic carbocycles. The Hall–Kier alpha value is -2.02. The third-order valence-electron chi connectivity index (χ3n) is 2.56. The SMILES string of the molecule is N#Cc1ccc2n1C=C1N=CCN1C2. The molecule has 0 amide bonds. The molecule has 4 heteroatoms. The lowest BCUT2D eigenvalue weighted by Gasteiger charge is -2.23. The first-order valence-corrected chi connectivity index (χ1v) is 4.48. The molecule has 2 aliphatic rings. The summed E-state index contributed by atoms with van der Waals surface area (Å²) < 4.78 is 1.91. The van der Waals surface area contributed by atoms with E-state index in [1.165, 1.54) is 0 Å². The summed E-state index contributed by atoms with van der Waals surface area (Å²) in [5.41, 5.74) is 1.82. The van der Waals surface area contributed by atoms with Gasteiger partial charge < -0.3 is 9.47 Å². The zero-order valence-electron chi connectivity index (χ0n) is 7.51. The van der Waals surface area contributed by atoms with Crippen LogP contribution in [0.25, 0.3) is 6.20 Å². The van der Waals surface area contributed by atoms with Crippen LogP contribution in [0.4, 0.5) is 0 Å². The van der Waals surface area contributed by atoms with Crippen molar-refractivity contribution in [3.05, 3.63) is 29.3 Å². The molecular weight excluding hydrogens is 176 g/mol. The van der Waals surface area contributed by atoms with Gasteiger partial charge in [0.2, 0.25) is 0 Å². The van der Waals surface area contributed by atoms with Gasteiger partial charge in [-0.15, -0.1) is 0 Å². The molecule has 3 heterocycles. The monoisotopic (exact) mass is 184 g/mol. The van der Waals surface area contributed by atoms with Gasteiger partial charge in [0.1, 0.15) is 17.6 Å². The molecule has 0 aliphatic carbocycles. The van der Waals surface area contributed by atoms with Crippen LogP contribution in [0.2, 0.25) is 0 Å². The van der Waals surface area contributed by atoms with Gasteiger partial charge in [-0.25, -0.2) is 4.99 Å². The van der Waals surface area contributed by atoms with Crippen molar-refractivity contribution < 1.29 is 0 Å². The Morgan fingerprint density at radius 3 is 3.21 bits per heavy atom. The molecular formula is C10H8N4. The molecule has 0 bridgehead atoms. The molecule has 0 spiro atoms. The molecule has 1 aromatic heterocycles. The van der Waals surface area contributed by atoms with Crippen LogP contribution >= 0.6 is 0 Å². The summed E-state index contributed by atoms with van der Waals surface area (Å²) in [4.78, 5) is 6.42. The number of fused-ring (bicyclic) bond motifs is 2. The second kappa shape index (κ2) is 2.48. The molecule has 0 fully saturated rings. The fourth-order valence-electron chi connectivity index (χ4n) is 1.84. The van der Waals surface area contributed by atoms with Gasteiger partial charge >= 0.3 is 0 Å². The highest BCUT2D eigenvalue weighted by molar-refractivity contribution is 5.67. The van der Waals surface area contributed by atoms with Crippen molar-refractivity contribution in [3.63, 3.8) is 0 Å². The van der Waals surface area contributed by atoms with Crippen molar-refractivity contribution in [3.8, 4) is 6.07 Å². The van der Waals surface area contributed by atoms with E-state index >= 15 is 0 Å². The van der Waals surface area contributed by atoms with Gasteiger partial charge in [0.15, 0.2) is 0 Å². The van der Waals surface area contributed by atoms with Gasteiger partial charge in [-0.2, -0.15) is 5.26 Å². The molecule has 1 aromatic rings. The fraction of sp³-hybridized carbons (Fsp3) is 0.200. The van der Waals surface area contributed by atoms with E-state index in [9.17, 15) is 0 Å². The maximum atomic E-state index is 8.87. The van der Waals surface area contributed by atoms with Crippen LogP contribution in [0.1, 0.15) is 11.4 Å². The Bertz CT molecular complexity index is 487. The van der Waals surface area contributed by atoms with Gasteiger partial charge in [0.25, 0.3) is 0 Å². The molecule has 0 unspecified atom stereocenters.